The molecule has 0 radical (unpaired) electrons. The number of aryl methyl sites for hydroxylation is 2. The molecule has 0 spiro atoms. The van der Waals surface area contributed by atoms with Gasteiger partial charge in [-0.3, -0.25) is 14.3 Å². The van der Waals surface area contributed by atoms with Gasteiger partial charge in [0.25, 0.3) is 5.56 Å². The van der Waals surface area contributed by atoms with Crippen molar-refractivity contribution >= 4 is 11.5 Å². The third-order valence-electron chi connectivity index (χ3n) is 4.26. The number of rotatable bonds is 2. The normalized spacial score (nSPS) is 14.5. The second-order valence-corrected chi connectivity index (χ2v) is 5.70. The molecule has 0 amide bonds. The number of hydrogen-bond donors (Lipinski definition) is 1. The Balaban J connectivity index is 1.73. The molecule has 0 saturated carbocycles. The smallest absolute Gasteiger partial charge is 0.295 e. The fourth-order valence-electron chi connectivity index (χ4n) is 3.00. The van der Waals surface area contributed by atoms with E-state index in [0.29, 0.717) is 12.2 Å². The molecule has 8 heteroatoms. The molecule has 3 aromatic heterocycles. The molecule has 4 heterocycles. The summed E-state index contributed by atoms with van der Waals surface area (Å²) in [6.07, 6.45) is 5.69. The van der Waals surface area contributed by atoms with E-state index >= 15 is 0 Å². The SMILES string of the molecule is Cc1[nH]nc2c1CCCN2Cc1nnc2c(=O)n(C)ccn12. The van der Waals surface area contributed by atoms with E-state index in [4.69, 9.17) is 0 Å². The Morgan fingerprint density at radius 3 is 3.05 bits per heavy atom. The maximum atomic E-state index is 12.0. The van der Waals surface area contributed by atoms with E-state index in [2.05, 4.69) is 25.3 Å². The fourth-order valence-corrected chi connectivity index (χ4v) is 3.00. The van der Waals surface area contributed by atoms with Crippen LogP contribution in [-0.2, 0) is 20.0 Å². The van der Waals surface area contributed by atoms with Crippen molar-refractivity contribution in [2.45, 2.75) is 26.3 Å². The summed E-state index contributed by atoms with van der Waals surface area (Å²) in [6, 6.07) is 0. The minimum atomic E-state index is -0.142. The van der Waals surface area contributed by atoms with Crippen LogP contribution in [0.5, 0.6) is 0 Å². The maximum absolute atomic E-state index is 12.0. The largest absolute Gasteiger partial charge is 0.347 e. The highest BCUT2D eigenvalue weighted by atomic mass is 16.1. The van der Waals surface area contributed by atoms with Gasteiger partial charge in [0.2, 0.25) is 5.65 Å². The van der Waals surface area contributed by atoms with Crippen LogP contribution >= 0.6 is 0 Å². The van der Waals surface area contributed by atoms with Gasteiger partial charge in [-0.05, 0) is 19.8 Å². The summed E-state index contributed by atoms with van der Waals surface area (Å²) in [5, 5.41) is 15.7. The number of aromatic amines is 1. The predicted molar refractivity (Wildman–Crippen MR) is 80.9 cm³/mol. The first-order valence-corrected chi connectivity index (χ1v) is 7.33. The second kappa shape index (κ2) is 4.69. The van der Waals surface area contributed by atoms with E-state index in [0.717, 1.165) is 36.7 Å². The van der Waals surface area contributed by atoms with Crippen LogP contribution in [0.2, 0.25) is 0 Å². The van der Waals surface area contributed by atoms with Gasteiger partial charge in [0.1, 0.15) is 0 Å². The molecule has 1 N–H and O–H groups in total. The van der Waals surface area contributed by atoms with Gasteiger partial charge in [-0.25, -0.2) is 0 Å². The van der Waals surface area contributed by atoms with E-state index in [1.54, 1.807) is 17.6 Å². The summed E-state index contributed by atoms with van der Waals surface area (Å²) < 4.78 is 3.26. The molecule has 114 valence electrons. The molecule has 22 heavy (non-hydrogen) atoms. The zero-order valence-electron chi connectivity index (χ0n) is 12.6. The Kier molecular flexibility index (Phi) is 2.78. The molecule has 0 unspecified atom stereocenters. The lowest BCUT2D eigenvalue weighted by atomic mass is 10.1. The zero-order valence-corrected chi connectivity index (χ0v) is 12.6. The van der Waals surface area contributed by atoms with Gasteiger partial charge in [-0.1, -0.05) is 0 Å². The Labute approximate surface area is 126 Å². The van der Waals surface area contributed by atoms with Crippen LogP contribution in [0.15, 0.2) is 17.2 Å². The van der Waals surface area contributed by atoms with Crippen molar-refractivity contribution in [1.29, 1.82) is 0 Å². The first-order valence-electron chi connectivity index (χ1n) is 7.33. The van der Waals surface area contributed by atoms with Gasteiger partial charge < -0.3 is 9.47 Å². The molecule has 8 nitrogen and oxygen atoms in total. The topological polar surface area (TPSA) is 84.1 Å². The zero-order chi connectivity index (χ0) is 15.3. The number of nitrogens with one attached hydrogen (secondary N) is 1. The van der Waals surface area contributed by atoms with Crippen molar-refractivity contribution in [2.75, 3.05) is 11.4 Å². The first kappa shape index (κ1) is 13.1. The predicted octanol–water partition coefficient (Wildman–Crippen LogP) is 0.412. The lowest BCUT2D eigenvalue weighted by Crippen LogP contribution is -2.30. The summed E-state index contributed by atoms with van der Waals surface area (Å²) in [5.74, 6) is 1.74. The molecule has 0 aromatic carbocycles. The third kappa shape index (κ3) is 1.83. The first-order chi connectivity index (χ1) is 10.6. The van der Waals surface area contributed by atoms with Crippen molar-refractivity contribution in [3.05, 3.63) is 39.8 Å². The van der Waals surface area contributed by atoms with E-state index < -0.39 is 0 Å². The molecular weight excluding hydrogens is 282 g/mol. The fraction of sp³-hybridized carbons (Fsp3) is 0.429. The van der Waals surface area contributed by atoms with Crippen LogP contribution in [0, 0.1) is 6.92 Å². The standard InChI is InChI=1S/C14H17N7O/c1-9-10-4-3-5-20(12(10)17-15-9)8-11-16-18-13-14(22)19(2)6-7-21(11)13/h6-7H,3-5,8H2,1-2H3,(H,15,17). The van der Waals surface area contributed by atoms with Crippen molar-refractivity contribution in [3.8, 4) is 0 Å². The number of aromatic nitrogens is 6. The molecular formula is C14H17N7O. The lowest BCUT2D eigenvalue weighted by Gasteiger charge is -2.26. The molecule has 0 atom stereocenters. The summed E-state index contributed by atoms with van der Waals surface area (Å²) in [7, 11) is 1.71. The van der Waals surface area contributed by atoms with Gasteiger partial charge in [0, 0.05) is 37.2 Å². The lowest BCUT2D eigenvalue weighted by molar-refractivity contribution is 0.661. The summed E-state index contributed by atoms with van der Waals surface area (Å²) in [5.41, 5.74) is 2.61. The minimum absolute atomic E-state index is 0.142. The third-order valence-corrected chi connectivity index (χ3v) is 4.26. The van der Waals surface area contributed by atoms with Crippen molar-refractivity contribution in [2.24, 2.45) is 7.05 Å². The van der Waals surface area contributed by atoms with Gasteiger partial charge in [-0.15, -0.1) is 10.2 Å². The highest BCUT2D eigenvalue weighted by Gasteiger charge is 2.23. The van der Waals surface area contributed by atoms with Gasteiger partial charge in [-0.2, -0.15) is 5.10 Å². The highest BCUT2D eigenvalue weighted by Crippen LogP contribution is 2.27. The molecule has 4 rings (SSSR count). The van der Waals surface area contributed by atoms with E-state index in [1.807, 2.05) is 13.1 Å². The number of H-pyrrole nitrogens is 1. The molecule has 1 aliphatic heterocycles. The molecule has 0 saturated heterocycles. The molecule has 0 bridgehead atoms. The molecule has 3 aromatic rings. The van der Waals surface area contributed by atoms with Crippen LogP contribution in [0.4, 0.5) is 5.82 Å². The van der Waals surface area contributed by atoms with Crippen LogP contribution in [0.1, 0.15) is 23.5 Å². The number of fused-ring (bicyclic) bond motifs is 2. The number of nitrogens with zero attached hydrogens (tertiary/aromatic N) is 6. The van der Waals surface area contributed by atoms with Crippen molar-refractivity contribution in [3.63, 3.8) is 0 Å². The monoisotopic (exact) mass is 299 g/mol. The maximum Gasteiger partial charge on any atom is 0.295 e. The van der Waals surface area contributed by atoms with Gasteiger partial charge in [0.15, 0.2) is 11.6 Å². The van der Waals surface area contributed by atoms with Crippen LogP contribution in [0.25, 0.3) is 5.65 Å². The van der Waals surface area contributed by atoms with Crippen LogP contribution in [-0.4, -0.2) is 35.9 Å². The van der Waals surface area contributed by atoms with E-state index in [9.17, 15) is 4.79 Å². The van der Waals surface area contributed by atoms with Crippen molar-refractivity contribution in [1.82, 2.24) is 29.4 Å². The Morgan fingerprint density at radius 2 is 2.18 bits per heavy atom. The van der Waals surface area contributed by atoms with E-state index in [1.165, 1.54) is 10.1 Å². The number of hydrogen-bond acceptors (Lipinski definition) is 5. The van der Waals surface area contributed by atoms with Gasteiger partial charge >= 0.3 is 0 Å². The average molecular weight is 299 g/mol. The Bertz CT molecular complexity index is 904. The summed E-state index contributed by atoms with van der Waals surface area (Å²) >= 11 is 0. The Morgan fingerprint density at radius 1 is 1.32 bits per heavy atom. The Hall–Kier alpha value is -2.64. The van der Waals surface area contributed by atoms with Crippen LogP contribution < -0.4 is 10.5 Å². The number of anilines is 1. The second-order valence-electron chi connectivity index (χ2n) is 5.70. The summed E-state index contributed by atoms with van der Waals surface area (Å²) in [6.45, 7) is 3.56. The van der Waals surface area contributed by atoms with Crippen molar-refractivity contribution < 1.29 is 0 Å². The quantitative estimate of drug-likeness (QED) is 0.741. The molecule has 0 fully saturated rings. The average Bonchev–Trinajstić information content (AvgIpc) is 3.09. The highest BCUT2D eigenvalue weighted by molar-refractivity contribution is 5.51. The molecule has 1 aliphatic rings. The van der Waals surface area contributed by atoms with Crippen LogP contribution in [0.3, 0.4) is 0 Å². The van der Waals surface area contributed by atoms with Gasteiger partial charge in [0.05, 0.1) is 6.54 Å². The summed E-state index contributed by atoms with van der Waals surface area (Å²) in [4.78, 5) is 14.2. The molecule has 0 aliphatic carbocycles. The van der Waals surface area contributed by atoms with E-state index in [-0.39, 0.29) is 5.56 Å². The minimum Gasteiger partial charge on any atom is -0.347 e.